The van der Waals surface area contributed by atoms with Gasteiger partial charge in [0.05, 0.1) is 0 Å². The van der Waals surface area contributed by atoms with Crippen LogP contribution >= 0.6 is 0 Å². The quantitative estimate of drug-likeness (QED) is 0.800. The molecule has 0 aliphatic carbocycles. The third-order valence-electron chi connectivity index (χ3n) is 4.15. The zero-order chi connectivity index (χ0) is 15.2. The van der Waals surface area contributed by atoms with Crippen molar-refractivity contribution in [2.75, 3.05) is 26.2 Å². The molecule has 0 saturated carbocycles. The molecule has 2 aliphatic rings. The molecular weight excluding hydrogens is 274 g/mol. The van der Waals surface area contributed by atoms with Crippen LogP contribution in [0.4, 0.5) is 4.79 Å². The summed E-state index contributed by atoms with van der Waals surface area (Å²) in [7, 11) is 0. The van der Waals surface area contributed by atoms with Gasteiger partial charge in [0.1, 0.15) is 0 Å². The van der Waals surface area contributed by atoms with Gasteiger partial charge in [-0.1, -0.05) is 0 Å². The topological polar surface area (TPSA) is 89.9 Å². The molecule has 0 aromatic carbocycles. The molecule has 3 amide bonds. The summed E-state index contributed by atoms with van der Waals surface area (Å²) in [5, 5.41) is 11.6. The number of hydrogen-bond acceptors (Lipinski definition) is 3. The van der Waals surface area contributed by atoms with E-state index in [9.17, 15) is 14.4 Å². The molecule has 7 nitrogen and oxygen atoms in total. The van der Waals surface area contributed by atoms with E-state index in [4.69, 9.17) is 5.11 Å². The summed E-state index contributed by atoms with van der Waals surface area (Å²) in [6, 6.07) is -0.0455. The summed E-state index contributed by atoms with van der Waals surface area (Å²) >= 11 is 0. The van der Waals surface area contributed by atoms with Crippen molar-refractivity contribution in [1.82, 2.24) is 15.1 Å². The Hall–Kier alpha value is -1.79. The van der Waals surface area contributed by atoms with Gasteiger partial charge in [-0.25, -0.2) is 4.79 Å². The molecule has 0 aromatic rings. The number of rotatable bonds is 3. The largest absolute Gasteiger partial charge is 0.481 e. The Labute approximate surface area is 124 Å². The van der Waals surface area contributed by atoms with Crippen LogP contribution in [0.1, 0.15) is 38.5 Å². The molecule has 118 valence electrons. The standard InChI is InChI=1S/C14H23N3O4/c18-12-6-9-16(10-7-15-12)14(21)17-8-2-1-3-11(17)4-5-13(19)20/h11H,1-10H2,(H,15,18)(H,19,20). The lowest BCUT2D eigenvalue weighted by Crippen LogP contribution is -2.51. The maximum absolute atomic E-state index is 12.6. The van der Waals surface area contributed by atoms with E-state index in [0.29, 0.717) is 39.0 Å². The van der Waals surface area contributed by atoms with Crippen LogP contribution < -0.4 is 5.32 Å². The molecule has 2 heterocycles. The number of carbonyl (C=O) groups excluding carboxylic acids is 2. The summed E-state index contributed by atoms with van der Waals surface area (Å²) < 4.78 is 0. The van der Waals surface area contributed by atoms with Gasteiger partial charge in [0.25, 0.3) is 0 Å². The highest BCUT2D eigenvalue weighted by Gasteiger charge is 2.30. The van der Waals surface area contributed by atoms with Gasteiger partial charge in [-0.2, -0.15) is 0 Å². The molecule has 0 aromatic heterocycles. The Bertz CT molecular complexity index is 413. The van der Waals surface area contributed by atoms with E-state index in [1.165, 1.54) is 0 Å². The lowest BCUT2D eigenvalue weighted by Gasteiger charge is -2.38. The fraction of sp³-hybridized carbons (Fsp3) is 0.786. The lowest BCUT2D eigenvalue weighted by atomic mass is 9.98. The Morgan fingerprint density at radius 2 is 2.05 bits per heavy atom. The smallest absolute Gasteiger partial charge is 0.320 e. The van der Waals surface area contributed by atoms with Crippen molar-refractivity contribution in [3.05, 3.63) is 0 Å². The number of carboxylic acids is 1. The van der Waals surface area contributed by atoms with Gasteiger partial charge in [0.15, 0.2) is 0 Å². The first-order valence-corrected chi connectivity index (χ1v) is 7.62. The number of hydrogen-bond donors (Lipinski definition) is 2. The van der Waals surface area contributed by atoms with E-state index < -0.39 is 5.97 Å². The summed E-state index contributed by atoms with van der Waals surface area (Å²) in [6.07, 6.45) is 3.79. The van der Waals surface area contributed by atoms with E-state index in [1.807, 2.05) is 4.90 Å². The first-order valence-electron chi connectivity index (χ1n) is 7.62. The molecule has 21 heavy (non-hydrogen) atoms. The highest BCUT2D eigenvalue weighted by atomic mass is 16.4. The minimum Gasteiger partial charge on any atom is -0.481 e. The molecule has 2 N–H and O–H groups in total. The van der Waals surface area contributed by atoms with Crippen molar-refractivity contribution in [1.29, 1.82) is 0 Å². The SMILES string of the molecule is O=C(O)CCC1CCCCN1C(=O)N1CCNC(=O)CC1. The average Bonchev–Trinajstić information content (AvgIpc) is 2.69. The van der Waals surface area contributed by atoms with Crippen LogP contribution in [0.5, 0.6) is 0 Å². The van der Waals surface area contributed by atoms with Crippen LogP contribution in [0, 0.1) is 0 Å². The predicted molar refractivity (Wildman–Crippen MR) is 75.8 cm³/mol. The van der Waals surface area contributed by atoms with Gasteiger partial charge in [0, 0.05) is 45.1 Å². The summed E-state index contributed by atoms with van der Waals surface area (Å²) in [5.74, 6) is -0.844. The fourth-order valence-electron chi connectivity index (χ4n) is 2.98. The maximum Gasteiger partial charge on any atom is 0.320 e. The van der Waals surface area contributed by atoms with Crippen molar-refractivity contribution >= 4 is 17.9 Å². The van der Waals surface area contributed by atoms with E-state index in [1.54, 1.807) is 4.90 Å². The van der Waals surface area contributed by atoms with Gasteiger partial charge in [-0.15, -0.1) is 0 Å². The number of piperidine rings is 1. The Kier molecular flexibility index (Phi) is 5.41. The molecule has 1 atom stereocenters. The fourth-order valence-corrected chi connectivity index (χ4v) is 2.98. The van der Waals surface area contributed by atoms with Crippen molar-refractivity contribution in [3.63, 3.8) is 0 Å². The summed E-state index contributed by atoms with van der Waals surface area (Å²) in [6.45, 7) is 2.12. The van der Waals surface area contributed by atoms with E-state index in [0.717, 1.165) is 19.3 Å². The zero-order valence-corrected chi connectivity index (χ0v) is 12.2. The first kappa shape index (κ1) is 15.6. The summed E-state index contributed by atoms with van der Waals surface area (Å²) in [4.78, 5) is 38.2. The Morgan fingerprint density at radius 1 is 1.24 bits per heavy atom. The van der Waals surface area contributed by atoms with Crippen LogP contribution in [-0.4, -0.2) is 65.0 Å². The third-order valence-corrected chi connectivity index (χ3v) is 4.15. The lowest BCUT2D eigenvalue weighted by molar-refractivity contribution is -0.137. The molecule has 0 bridgehead atoms. The molecule has 0 spiro atoms. The third kappa shape index (κ3) is 4.34. The number of carboxylic acid groups (broad SMARTS) is 1. The van der Waals surface area contributed by atoms with Gasteiger partial charge < -0.3 is 20.2 Å². The molecular formula is C14H23N3O4. The van der Waals surface area contributed by atoms with Crippen LogP contribution in [0.3, 0.4) is 0 Å². The van der Waals surface area contributed by atoms with Crippen molar-refractivity contribution in [2.45, 2.75) is 44.6 Å². The number of likely N-dealkylation sites (tertiary alicyclic amines) is 1. The summed E-state index contributed by atoms with van der Waals surface area (Å²) in [5.41, 5.74) is 0. The van der Waals surface area contributed by atoms with Gasteiger partial charge >= 0.3 is 12.0 Å². The van der Waals surface area contributed by atoms with E-state index in [-0.39, 0.29) is 24.4 Å². The normalized spacial score (nSPS) is 23.4. The minimum atomic E-state index is -0.822. The number of nitrogens with zero attached hydrogens (tertiary/aromatic N) is 2. The Balaban J connectivity index is 1.96. The molecule has 1 unspecified atom stereocenters. The molecule has 2 aliphatic heterocycles. The van der Waals surface area contributed by atoms with Crippen LogP contribution in [0.2, 0.25) is 0 Å². The number of urea groups is 1. The van der Waals surface area contributed by atoms with Gasteiger partial charge in [-0.3, -0.25) is 9.59 Å². The second kappa shape index (κ2) is 7.28. The van der Waals surface area contributed by atoms with Crippen LogP contribution in [-0.2, 0) is 9.59 Å². The van der Waals surface area contributed by atoms with E-state index in [2.05, 4.69) is 5.32 Å². The molecule has 7 heteroatoms. The maximum atomic E-state index is 12.6. The first-order chi connectivity index (χ1) is 10.1. The highest BCUT2D eigenvalue weighted by molar-refractivity contribution is 5.79. The predicted octanol–water partition coefficient (Wildman–Crippen LogP) is 0.648. The second-order valence-corrected chi connectivity index (χ2v) is 5.64. The number of amides is 3. The van der Waals surface area contributed by atoms with Crippen molar-refractivity contribution < 1.29 is 19.5 Å². The molecule has 2 rings (SSSR count). The number of nitrogens with one attached hydrogen (secondary N) is 1. The highest BCUT2D eigenvalue weighted by Crippen LogP contribution is 2.22. The van der Waals surface area contributed by atoms with Crippen molar-refractivity contribution in [3.8, 4) is 0 Å². The van der Waals surface area contributed by atoms with E-state index >= 15 is 0 Å². The Morgan fingerprint density at radius 3 is 2.81 bits per heavy atom. The van der Waals surface area contributed by atoms with Gasteiger partial charge in [-0.05, 0) is 25.7 Å². The van der Waals surface area contributed by atoms with Gasteiger partial charge in [0.2, 0.25) is 5.91 Å². The van der Waals surface area contributed by atoms with Crippen molar-refractivity contribution in [2.24, 2.45) is 0 Å². The average molecular weight is 297 g/mol. The number of aliphatic carboxylic acids is 1. The van der Waals surface area contributed by atoms with Crippen LogP contribution in [0.15, 0.2) is 0 Å². The second-order valence-electron chi connectivity index (χ2n) is 5.64. The number of carbonyl (C=O) groups is 3. The monoisotopic (exact) mass is 297 g/mol. The minimum absolute atomic E-state index is 0.00858. The van der Waals surface area contributed by atoms with Crippen LogP contribution in [0.25, 0.3) is 0 Å². The molecule has 0 radical (unpaired) electrons. The molecule has 2 fully saturated rings. The zero-order valence-electron chi connectivity index (χ0n) is 12.2. The molecule has 2 saturated heterocycles.